The van der Waals surface area contributed by atoms with Crippen molar-refractivity contribution in [2.24, 2.45) is 0 Å². The van der Waals surface area contributed by atoms with Gasteiger partial charge in [-0.2, -0.15) is 0 Å². The Balaban J connectivity index is 1.36. The number of aliphatic carboxylic acids is 1. The highest BCUT2D eigenvalue weighted by Crippen LogP contribution is 2.59. The maximum absolute atomic E-state index is 14.1. The van der Waals surface area contributed by atoms with Crippen LogP contribution in [0.4, 0.5) is 15.8 Å². The second kappa shape index (κ2) is 8.66. The highest BCUT2D eigenvalue weighted by Gasteiger charge is 2.59. The van der Waals surface area contributed by atoms with Crippen LogP contribution in [-0.4, -0.2) is 28.9 Å². The van der Waals surface area contributed by atoms with Crippen molar-refractivity contribution in [2.45, 2.75) is 30.7 Å². The lowest BCUT2D eigenvalue weighted by Gasteiger charge is -2.19. The van der Waals surface area contributed by atoms with Crippen molar-refractivity contribution in [3.63, 3.8) is 0 Å². The molecule has 1 aliphatic carbocycles. The Bertz CT molecular complexity index is 1350. The first kappa shape index (κ1) is 23.3. The molecule has 3 aromatic carbocycles. The van der Waals surface area contributed by atoms with Crippen LogP contribution in [0.15, 0.2) is 60.7 Å². The lowest BCUT2D eigenvalue weighted by molar-refractivity contribution is -0.139. The van der Waals surface area contributed by atoms with E-state index in [2.05, 4.69) is 5.32 Å². The van der Waals surface area contributed by atoms with Crippen molar-refractivity contribution in [3.05, 3.63) is 93.2 Å². The normalized spacial score (nSPS) is 16.2. The average molecular weight is 513 g/mol. The molecule has 1 fully saturated rings. The third kappa shape index (κ3) is 4.05. The first-order chi connectivity index (χ1) is 16.7. The molecular weight excluding hydrogens is 494 g/mol. The zero-order chi connectivity index (χ0) is 24.9. The van der Waals surface area contributed by atoms with Crippen LogP contribution in [0, 0.1) is 5.82 Å². The molecule has 3 aromatic rings. The number of halogens is 3. The molecule has 0 unspecified atom stereocenters. The van der Waals surface area contributed by atoms with E-state index in [-0.39, 0.29) is 17.4 Å². The SMILES string of the molecule is O=C(N[C@@H](Cc1ccc(N2C(=O)C3(CC3)c3cc(Cl)ccc32)cc1)C(=O)O)c1c(F)cccc1Cl. The number of carbonyl (C=O) groups is 3. The van der Waals surface area contributed by atoms with Crippen molar-refractivity contribution in [2.75, 3.05) is 4.90 Å². The van der Waals surface area contributed by atoms with Crippen molar-refractivity contribution < 1.29 is 23.9 Å². The molecule has 0 radical (unpaired) electrons. The van der Waals surface area contributed by atoms with E-state index in [4.69, 9.17) is 23.2 Å². The van der Waals surface area contributed by atoms with Crippen molar-refractivity contribution in [3.8, 4) is 0 Å². The number of amides is 2. The molecule has 2 aliphatic rings. The monoisotopic (exact) mass is 512 g/mol. The number of nitrogens with one attached hydrogen (secondary N) is 1. The highest BCUT2D eigenvalue weighted by molar-refractivity contribution is 6.34. The molecule has 1 heterocycles. The summed E-state index contributed by atoms with van der Waals surface area (Å²) in [5.74, 6) is -3.02. The molecule has 1 spiro atoms. The fourth-order valence-corrected chi connectivity index (χ4v) is 4.97. The van der Waals surface area contributed by atoms with E-state index in [9.17, 15) is 23.9 Å². The van der Waals surface area contributed by atoms with Gasteiger partial charge in [-0.1, -0.05) is 41.4 Å². The molecule has 5 rings (SSSR count). The van der Waals surface area contributed by atoms with Crippen molar-refractivity contribution in [1.29, 1.82) is 0 Å². The fraction of sp³-hybridized carbons (Fsp3) is 0.192. The quantitative estimate of drug-likeness (QED) is 0.471. The number of carboxylic acid groups (broad SMARTS) is 1. The Morgan fingerprint density at radius 3 is 2.43 bits per heavy atom. The Morgan fingerprint density at radius 2 is 1.80 bits per heavy atom. The molecule has 35 heavy (non-hydrogen) atoms. The summed E-state index contributed by atoms with van der Waals surface area (Å²) in [6.45, 7) is 0. The molecule has 0 aromatic heterocycles. The molecule has 1 atom stereocenters. The summed E-state index contributed by atoms with van der Waals surface area (Å²) in [6, 6.07) is 14.8. The van der Waals surface area contributed by atoms with Gasteiger partial charge < -0.3 is 10.4 Å². The predicted octanol–water partition coefficient (Wildman–Crippen LogP) is 5.27. The standard InChI is InChI=1S/C26H19Cl2FN2O4/c27-15-6-9-21-17(13-15)26(10-11-26)25(35)31(21)16-7-4-14(5-8-16)12-20(24(33)34)30-23(32)22-18(28)2-1-3-19(22)29/h1-9,13,20H,10-12H2,(H,30,32)(H,33,34)/t20-/m0/s1. The summed E-state index contributed by atoms with van der Waals surface area (Å²) in [5, 5.41) is 12.4. The maximum Gasteiger partial charge on any atom is 0.326 e. The summed E-state index contributed by atoms with van der Waals surface area (Å²) in [7, 11) is 0. The minimum absolute atomic E-state index is 0.0000380. The molecule has 0 saturated heterocycles. The van der Waals surface area contributed by atoms with Crippen LogP contribution >= 0.6 is 23.2 Å². The van der Waals surface area contributed by atoms with Crippen LogP contribution in [0.1, 0.15) is 34.3 Å². The van der Waals surface area contributed by atoms with Gasteiger partial charge in [0.25, 0.3) is 5.91 Å². The van der Waals surface area contributed by atoms with Gasteiger partial charge in [0.15, 0.2) is 0 Å². The number of anilines is 2. The molecule has 178 valence electrons. The van der Waals surface area contributed by atoms with Gasteiger partial charge in [0.05, 0.1) is 21.7 Å². The Labute approximate surface area is 210 Å². The van der Waals surface area contributed by atoms with Gasteiger partial charge in [-0.15, -0.1) is 0 Å². The highest BCUT2D eigenvalue weighted by atomic mass is 35.5. The number of nitrogens with zero attached hydrogens (tertiary/aromatic N) is 1. The van der Waals surface area contributed by atoms with Crippen LogP contribution in [0.5, 0.6) is 0 Å². The van der Waals surface area contributed by atoms with Crippen LogP contribution in [-0.2, 0) is 21.4 Å². The average Bonchev–Trinajstić information content (AvgIpc) is 3.58. The van der Waals surface area contributed by atoms with E-state index in [1.807, 2.05) is 12.1 Å². The van der Waals surface area contributed by atoms with E-state index in [0.29, 0.717) is 16.3 Å². The van der Waals surface area contributed by atoms with Gasteiger partial charge in [-0.3, -0.25) is 14.5 Å². The zero-order valence-electron chi connectivity index (χ0n) is 18.2. The number of carbonyl (C=O) groups excluding carboxylic acids is 2. The van der Waals surface area contributed by atoms with Gasteiger partial charge in [0.1, 0.15) is 11.9 Å². The predicted molar refractivity (Wildman–Crippen MR) is 130 cm³/mol. The molecule has 1 saturated carbocycles. The molecule has 9 heteroatoms. The molecule has 6 nitrogen and oxygen atoms in total. The van der Waals surface area contributed by atoms with E-state index in [1.165, 1.54) is 12.1 Å². The lowest BCUT2D eigenvalue weighted by Crippen LogP contribution is -2.42. The van der Waals surface area contributed by atoms with E-state index < -0.39 is 34.7 Å². The topological polar surface area (TPSA) is 86.7 Å². The third-order valence-electron chi connectivity index (χ3n) is 6.51. The van der Waals surface area contributed by atoms with Gasteiger partial charge in [0, 0.05) is 17.1 Å². The molecular formula is C26H19Cl2FN2O4. The summed E-state index contributed by atoms with van der Waals surface area (Å²) in [6.07, 6.45) is 1.51. The van der Waals surface area contributed by atoms with Crippen molar-refractivity contribution >= 4 is 52.4 Å². The lowest BCUT2D eigenvalue weighted by atomic mass is 9.98. The maximum atomic E-state index is 14.1. The van der Waals surface area contributed by atoms with E-state index in [0.717, 1.165) is 30.2 Å². The minimum atomic E-state index is -1.31. The number of fused-ring (bicyclic) bond motifs is 2. The fourth-order valence-electron chi connectivity index (χ4n) is 4.55. The van der Waals surface area contributed by atoms with Gasteiger partial charge >= 0.3 is 5.97 Å². The summed E-state index contributed by atoms with van der Waals surface area (Å²) < 4.78 is 14.1. The second-order valence-electron chi connectivity index (χ2n) is 8.72. The second-order valence-corrected chi connectivity index (χ2v) is 9.56. The van der Waals surface area contributed by atoms with Crippen LogP contribution in [0.3, 0.4) is 0 Å². The third-order valence-corrected chi connectivity index (χ3v) is 7.06. The first-order valence-electron chi connectivity index (χ1n) is 10.9. The Morgan fingerprint density at radius 1 is 1.09 bits per heavy atom. The number of rotatable bonds is 6. The molecule has 2 amide bonds. The Hall–Kier alpha value is -3.42. The number of hydrogen-bond acceptors (Lipinski definition) is 3. The summed E-state index contributed by atoms with van der Waals surface area (Å²) in [5.41, 5.74) is 2.08. The molecule has 2 N–H and O–H groups in total. The summed E-state index contributed by atoms with van der Waals surface area (Å²) >= 11 is 12.1. The van der Waals surface area contributed by atoms with E-state index >= 15 is 0 Å². The zero-order valence-corrected chi connectivity index (χ0v) is 19.7. The number of hydrogen-bond donors (Lipinski definition) is 2. The number of carboxylic acids is 1. The smallest absolute Gasteiger partial charge is 0.326 e. The molecule has 0 bridgehead atoms. The number of benzene rings is 3. The Kier molecular flexibility index (Phi) is 5.77. The van der Waals surface area contributed by atoms with Gasteiger partial charge in [0.2, 0.25) is 5.91 Å². The van der Waals surface area contributed by atoms with Crippen LogP contribution < -0.4 is 10.2 Å². The first-order valence-corrected chi connectivity index (χ1v) is 11.7. The molecule has 1 aliphatic heterocycles. The summed E-state index contributed by atoms with van der Waals surface area (Å²) in [4.78, 5) is 39.2. The van der Waals surface area contributed by atoms with Gasteiger partial charge in [-0.25, -0.2) is 9.18 Å². The van der Waals surface area contributed by atoms with E-state index in [1.54, 1.807) is 35.2 Å². The van der Waals surface area contributed by atoms with Crippen LogP contribution in [0.2, 0.25) is 10.0 Å². The largest absolute Gasteiger partial charge is 0.480 e. The van der Waals surface area contributed by atoms with Crippen LogP contribution in [0.25, 0.3) is 0 Å². The minimum Gasteiger partial charge on any atom is -0.480 e. The van der Waals surface area contributed by atoms with Gasteiger partial charge in [-0.05, 0) is 66.4 Å². The van der Waals surface area contributed by atoms with Crippen molar-refractivity contribution in [1.82, 2.24) is 5.32 Å².